The highest BCUT2D eigenvalue weighted by atomic mass is 127. The molecule has 2 aromatic rings. The van der Waals surface area contributed by atoms with Gasteiger partial charge >= 0.3 is 0 Å². The molecule has 1 aliphatic rings. The number of aliphatic imine (C=N–C) groups is 1. The molecule has 0 aliphatic carbocycles. The van der Waals surface area contributed by atoms with Crippen LogP contribution in [-0.4, -0.2) is 60.8 Å². The Labute approximate surface area is 209 Å². The van der Waals surface area contributed by atoms with Crippen LogP contribution in [0.2, 0.25) is 0 Å². The minimum Gasteiger partial charge on any atom is -0.359 e. The van der Waals surface area contributed by atoms with Crippen LogP contribution in [0.1, 0.15) is 56.5 Å². The average molecular weight is 556 g/mol. The Morgan fingerprint density at radius 2 is 1.81 bits per heavy atom. The summed E-state index contributed by atoms with van der Waals surface area (Å²) in [4.78, 5) is 13.7. The molecule has 3 rings (SSSR count). The molecule has 32 heavy (non-hydrogen) atoms. The maximum absolute atomic E-state index is 5.49. The number of guanidine groups is 1. The molecule has 0 amide bonds. The van der Waals surface area contributed by atoms with Gasteiger partial charge in [0.05, 0.1) is 12.2 Å². The normalized spacial score (nSPS) is 15.0. The van der Waals surface area contributed by atoms with Gasteiger partial charge in [-0.3, -0.25) is 4.99 Å². The predicted octanol–water partition coefficient (Wildman–Crippen LogP) is 3.60. The van der Waals surface area contributed by atoms with Crippen LogP contribution in [-0.2, 0) is 13.1 Å². The van der Waals surface area contributed by atoms with Crippen molar-refractivity contribution in [2.75, 3.05) is 44.7 Å². The molecule has 9 heteroatoms. The molecule has 8 nitrogen and oxygen atoms in total. The summed E-state index contributed by atoms with van der Waals surface area (Å²) in [6.07, 6.45) is 4.03. The van der Waals surface area contributed by atoms with Crippen molar-refractivity contribution < 1.29 is 4.52 Å². The highest BCUT2D eigenvalue weighted by molar-refractivity contribution is 14.0. The van der Waals surface area contributed by atoms with Gasteiger partial charge in [0.15, 0.2) is 11.7 Å². The lowest BCUT2D eigenvalue weighted by atomic mass is 9.99. The molecule has 1 fully saturated rings. The molecule has 2 N–H and O–H groups in total. The number of nitrogens with zero attached hydrogens (tertiary/aromatic N) is 5. The van der Waals surface area contributed by atoms with Gasteiger partial charge in [0.1, 0.15) is 5.82 Å². The van der Waals surface area contributed by atoms with Crippen LogP contribution in [0, 0.1) is 0 Å². The third-order valence-electron chi connectivity index (χ3n) is 6.05. The van der Waals surface area contributed by atoms with Crippen LogP contribution >= 0.6 is 24.0 Å². The maximum atomic E-state index is 5.49. The molecule has 0 unspecified atom stereocenters. The Morgan fingerprint density at radius 3 is 2.47 bits per heavy atom. The van der Waals surface area contributed by atoms with E-state index in [0.717, 1.165) is 68.8 Å². The Kier molecular flexibility index (Phi) is 11.2. The zero-order chi connectivity index (χ0) is 22.1. The fraction of sp³-hybridized carbons (Fsp3) is 0.609. The van der Waals surface area contributed by atoms with E-state index in [1.165, 1.54) is 5.56 Å². The van der Waals surface area contributed by atoms with Gasteiger partial charge in [0.25, 0.3) is 0 Å². The molecule has 1 saturated heterocycles. The molecule has 0 atom stereocenters. The fourth-order valence-corrected chi connectivity index (χ4v) is 3.93. The quantitative estimate of drug-likeness (QED) is 0.278. The van der Waals surface area contributed by atoms with E-state index in [-0.39, 0.29) is 24.0 Å². The standard InChI is InChI=1S/C23H37N7O.HI/c1-5-19(6-2)21-15-20(31-28-21)17-27-23(24-4)26-16-18-8-9-25-22(14-18)30-12-10-29(7-3)11-13-30;/h8-9,14-15,19H,5-7,10-13,16-17H2,1-4H3,(H2,24,26,27);1H. The Hall–Kier alpha value is -1.88. The van der Waals surface area contributed by atoms with Crippen molar-refractivity contribution in [3.63, 3.8) is 0 Å². The molecular formula is C23H38IN7O. The lowest BCUT2D eigenvalue weighted by Gasteiger charge is -2.34. The Balaban J connectivity index is 0.00000363. The van der Waals surface area contributed by atoms with Crippen molar-refractivity contribution in [2.24, 2.45) is 4.99 Å². The summed E-state index contributed by atoms with van der Waals surface area (Å²) >= 11 is 0. The first-order valence-corrected chi connectivity index (χ1v) is 11.5. The maximum Gasteiger partial charge on any atom is 0.191 e. The second-order valence-electron chi connectivity index (χ2n) is 7.95. The molecule has 0 spiro atoms. The van der Waals surface area contributed by atoms with E-state index in [0.29, 0.717) is 19.0 Å². The van der Waals surface area contributed by atoms with E-state index in [1.807, 2.05) is 18.3 Å². The second-order valence-corrected chi connectivity index (χ2v) is 7.95. The van der Waals surface area contributed by atoms with E-state index in [2.05, 4.69) is 62.4 Å². The topological polar surface area (TPSA) is 81.8 Å². The van der Waals surface area contributed by atoms with Gasteiger partial charge in [0, 0.05) is 58.0 Å². The molecule has 0 aromatic carbocycles. The van der Waals surface area contributed by atoms with Gasteiger partial charge < -0.3 is 25.0 Å². The van der Waals surface area contributed by atoms with E-state index >= 15 is 0 Å². The summed E-state index contributed by atoms with van der Waals surface area (Å²) in [6.45, 7) is 13.2. The smallest absolute Gasteiger partial charge is 0.191 e. The van der Waals surface area contributed by atoms with Gasteiger partial charge in [-0.2, -0.15) is 0 Å². The SMILES string of the molecule is CCC(CC)c1cc(CNC(=NC)NCc2ccnc(N3CCN(CC)CC3)c2)on1.I. The van der Waals surface area contributed by atoms with Crippen molar-refractivity contribution in [2.45, 2.75) is 52.6 Å². The summed E-state index contributed by atoms with van der Waals surface area (Å²) < 4.78 is 5.49. The molecular weight excluding hydrogens is 517 g/mol. The van der Waals surface area contributed by atoms with E-state index in [4.69, 9.17) is 4.52 Å². The minimum atomic E-state index is 0. The van der Waals surface area contributed by atoms with Crippen LogP contribution < -0.4 is 15.5 Å². The van der Waals surface area contributed by atoms with Crippen LogP contribution in [0.4, 0.5) is 5.82 Å². The number of aromatic nitrogens is 2. The number of anilines is 1. The van der Waals surface area contributed by atoms with E-state index in [9.17, 15) is 0 Å². The van der Waals surface area contributed by atoms with E-state index < -0.39 is 0 Å². The number of hydrogen-bond donors (Lipinski definition) is 2. The number of rotatable bonds is 9. The third kappa shape index (κ3) is 7.33. The molecule has 3 heterocycles. The highest BCUT2D eigenvalue weighted by Crippen LogP contribution is 2.22. The number of nitrogens with one attached hydrogen (secondary N) is 2. The molecule has 178 valence electrons. The largest absolute Gasteiger partial charge is 0.359 e. The van der Waals surface area contributed by atoms with Gasteiger partial charge in [-0.1, -0.05) is 25.9 Å². The lowest BCUT2D eigenvalue weighted by Crippen LogP contribution is -2.46. The number of piperazine rings is 1. The summed E-state index contributed by atoms with van der Waals surface area (Å²) in [7, 11) is 1.77. The minimum absolute atomic E-state index is 0. The van der Waals surface area contributed by atoms with Crippen LogP contribution in [0.25, 0.3) is 0 Å². The number of hydrogen-bond acceptors (Lipinski definition) is 6. The van der Waals surface area contributed by atoms with Crippen molar-refractivity contribution in [3.05, 3.63) is 41.4 Å². The van der Waals surface area contributed by atoms with Gasteiger partial charge in [-0.05, 0) is 37.1 Å². The molecule has 0 bridgehead atoms. The van der Waals surface area contributed by atoms with Gasteiger partial charge in [-0.25, -0.2) is 4.98 Å². The molecule has 2 aromatic heterocycles. The number of likely N-dealkylation sites (N-methyl/N-ethyl adjacent to an activating group) is 1. The summed E-state index contributed by atoms with van der Waals surface area (Å²) in [6, 6.07) is 6.26. The van der Waals surface area contributed by atoms with Gasteiger partial charge in [-0.15, -0.1) is 24.0 Å². The summed E-state index contributed by atoms with van der Waals surface area (Å²) in [5.74, 6) is 3.06. The molecule has 0 radical (unpaired) electrons. The lowest BCUT2D eigenvalue weighted by molar-refractivity contribution is 0.270. The fourth-order valence-electron chi connectivity index (χ4n) is 3.93. The Bertz CT molecular complexity index is 829. The number of pyridine rings is 1. The van der Waals surface area contributed by atoms with Crippen LogP contribution in [0.5, 0.6) is 0 Å². The third-order valence-corrected chi connectivity index (χ3v) is 6.05. The summed E-state index contributed by atoms with van der Waals surface area (Å²) in [5.41, 5.74) is 2.22. The van der Waals surface area contributed by atoms with Crippen molar-refractivity contribution in [1.82, 2.24) is 25.7 Å². The zero-order valence-electron chi connectivity index (χ0n) is 19.8. The zero-order valence-corrected chi connectivity index (χ0v) is 22.1. The van der Waals surface area contributed by atoms with E-state index in [1.54, 1.807) is 7.05 Å². The monoisotopic (exact) mass is 555 g/mol. The summed E-state index contributed by atoms with van der Waals surface area (Å²) in [5, 5.41) is 10.9. The molecule has 0 saturated carbocycles. The van der Waals surface area contributed by atoms with Gasteiger partial charge in [0.2, 0.25) is 0 Å². The second kappa shape index (κ2) is 13.6. The molecule has 1 aliphatic heterocycles. The van der Waals surface area contributed by atoms with Crippen molar-refractivity contribution >= 4 is 35.8 Å². The Morgan fingerprint density at radius 1 is 1.09 bits per heavy atom. The van der Waals surface area contributed by atoms with Crippen molar-refractivity contribution in [1.29, 1.82) is 0 Å². The van der Waals surface area contributed by atoms with Crippen molar-refractivity contribution in [3.8, 4) is 0 Å². The highest BCUT2D eigenvalue weighted by Gasteiger charge is 2.17. The first kappa shape index (κ1) is 26.4. The van der Waals surface area contributed by atoms with Crippen LogP contribution in [0.3, 0.4) is 0 Å². The van der Waals surface area contributed by atoms with Crippen LogP contribution in [0.15, 0.2) is 33.9 Å². The first-order valence-electron chi connectivity index (χ1n) is 11.5. The predicted molar refractivity (Wildman–Crippen MR) is 141 cm³/mol. The first-order chi connectivity index (χ1) is 15.2. The average Bonchev–Trinajstić information content (AvgIpc) is 3.29. The number of halogens is 1.